The van der Waals surface area contributed by atoms with Crippen LogP contribution in [-0.4, -0.2) is 37.0 Å². The highest BCUT2D eigenvalue weighted by Crippen LogP contribution is 2.12. The SMILES string of the molecule is CCc1ccc(C(=O)NC2CCN(C)CC2)o1. The number of likely N-dealkylation sites (tertiary alicyclic amines) is 1. The van der Waals surface area contributed by atoms with Crippen molar-refractivity contribution in [1.82, 2.24) is 10.2 Å². The van der Waals surface area contributed by atoms with Gasteiger partial charge in [-0.15, -0.1) is 0 Å². The molecule has 2 heterocycles. The maximum absolute atomic E-state index is 11.9. The van der Waals surface area contributed by atoms with Gasteiger partial charge in [-0.3, -0.25) is 4.79 Å². The Bertz CT molecular complexity index is 379. The first-order chi connectivity index (χ1) is 8.19. The Balaban J connectivity index is 1.88. The van der Waals surface area contributed by atoms with Crippen molar-refractivity contribution in [2.45, 2.75) is 32.2 Å². The summed E-state index contributed by atoms with van der Waals surface area (Å²) in [6.45, 7) is 4.10. The molecule has 1 aliphatic heterocycles. The minimum Gasteiger partial charge on any atom is -0.456 e. The molecule has 1 aromatic rings. The Labute approximate surface area is 102 Å². The van der Waals surface area contributed by atoms with E-state index in [1.54, 1.807) is 6.07 Å². The lowest BCUT2D eigenvalue weighted by molar-refractivity contribution is 0.0887. The molecule has 94 valence electrons. The Hall–Kier alpha value is -1.29. The Morgan fingerprint density at radius 3 is 2.76 bits per heavy atom. The van der Waals surface area contributed by atoms with E-state index in [1.165, 1.54) is 0 Å². The van der Waals surface area contributed by atoms with Crippen LogP contribution < -0.4 is 5.32 Å². The molecule has 1 aromatic heterocycles. The average molecular weight is 236 g/mol. The van der Waals surface area contributed by atoms with Crippen LogP contribution in [0.5, 0.6) is 0 Å². The van der Waals surface area contributed by atoms with E-state index in [1.807, 2.05) is 13.0 Å². The molecule has 1 fully saturated rings. The van der Waals surface area contributed by atoms with Crippen LogP contribution >= 0.6 is 0 Å². The fraction of sp³-hybridized carbons (Fsp3) is 0.615. The fourth-order valence-electron chi connectivity index (χ4n) is 2.10. The molecule has 0 saturated carbocycles. The minimum absolute atomic E-state index is 0.0840. The minimum atomic E-state index is -0.0840. The lowest BCUT2D eigenvalue weighted by Crippen LogP contribution is -2.43. The summed E-state index contributed by atoms with van der Waals surface area (Å²) >= 11 is 0. The second-order valence-electron chi connectivity index (χ2n) is 4.67. The molecule has 0 bridgehead atoms. The molecule has 4 nitrogen and oxygen atoms in total. The molecule has 1 amide bonds. The normalized spacial score (nSPS) is 18.2. The lowest BCUT2D eigenvalue weighted by atomic mass is 10.1. The van der Waals surface area contributed by atoms with Gasteiger partial charge in [-0.05, 0) is 45.1 Å². The van der Waals surface area contributed by atoms with Crippen LogP contribution in [0.2, 0.25) is 0 Å². The zero-order valence-electron chi connectivity index (χ0n) is 10.5. The summed E-state index contributed by atoms with van der Waals surface area (Å²) < 4.78 is 5.43. The van der Waals surface area contributed by atoms with Crippen molar-refractivity contribution in [3.8, 4) is 0 Å². The molecule has 0 atom stereocenters. The molecule has 0 spiro atoms. The standard InChI is InChI=1S/C13H20N2O2/c1-3-11-4-5-12(17-11)13(16)14-10-6-8-15(2)9-7-10/h4-5,10H,3,6-9H2,1-2H3,(H,14,16). The zero-order valence-corrected chi connectivity index (χ0v) is 10.5. The van der Waals surface area contributed by atoms with Gasteiger partial charge in [-0.2, -0.15) is 0 Å². The van der Waals surface area contributed by atoms with Gasteiger partial charge in [-0.1, -0.05) is 6.92 Å². The topological polar surface area (TPSA) is 45.5 Å². The summed E-state index contributed by atoms with van der Waals surface area (Å²) in [5.74, 6) is 1.21. The van der Waals surface area contributed by atoms with Crippen molar-refractivity contribution in [3.05, 3.63) is 23.7 Å². The molecule has 2 rings (SSSR count). The zero-order chi connectivity index (χ0) is 12.3. The maximum Gasteiger partial charge on any atom is 0.287 e. The summed E-state index contributed by atoms with van der Waals surface area (Å²) in [5.41, 5.74) is 0. The summed E-state index contributed by atoms with van der Waals surface area (Å²) in [7, 11) is 2.11. The molecule has 1 N–H and O–H groups in total. The van der Waals surface area contributed by atoms with E-state index in [2.05, 4.69) is 17.3 Å². The van der Waals surface area contributed by atoms with Crippen molar-refractivity contribution in [2.75, 3.05) is 20.1 Å². The quantitative estimate of drug-likeness (QED) is 0.868. The smallest absolute Gasteiger partial charge is 0.287 e. The molecule has 17 heavy (non-hydrogen) atoms. The van der Waals surface area contributed by atoms with Gasteiger partial charge >= 0.3 is 0 Å². The van der Waals surface area contributed by atoms with Gasteiger partial charge in [0.05, 0.1) is 0 Å². The van der Waals surface area contributed by atoms with Gasteiger partial charge in [0.2, 0.25) is 0 Å². The van der Waals surface area contributed by atoms with Gasteiger partial charge in [-0.25, -0.2) is 0 Å². The van der Waals surface area contributed by atoms with Gasteiger partial charge in [0, 0.05) is 12.5 Å². The molecule has 0 unspecified atom stereocenters. The van der Waals surface area contributed by atoms with Crippen molar-refractivity contribution >= 4 is 5.91 Å². The summed E-state index contributed by atoms with van der Waals surface area (Å²) in [4.78, 5) is 14.2. The maximum atomic E-state index is 11.9. The van der Waals surface area contributed by atoms with Gasteiger partial charge in [0.25, 0.3) is 5.91 Å². The predicted molar refractivity (Wildman–Crippen MR) is 66.1 cm³/mol. The van der Waals surface area contributed by atoms with E-state index in [0.717, 1.165) is 38.1 Å². The lowest BCUT2D eigenvalue weighted by Gasteiger charge is -2.29. The number of aryl methyl sites for hydroxylation is 1. The number of hydrogen-bond donors (Lipinski definition) is 1. The fourth-order valence-corrected chi connectivity index (χ4v) is 2.10. The van der Waals surface area contributed by atoms with Crippen LogP contribution in [0.1, 0.15) is 36.1 Å². The highest BCUT2D eigenvalue weighted by atomic mass is 16.3. The first-order valence-electron chi connectivity index (χ1n) is 6.27. The number of furan rings is 1. The largest absolute Gasteiger partial charge is 0.456 e. The molecule has 0 radical (unpaired) electrons. The third kappa shape index (κ3) is 3.09. The van der Waals surface area contributed by atoms with E-state index in [9.17, 15) is 4.79 Å². The third-order valence-corrected chi connectivity index (χ3v) is 3.29. The van der Waals surface area contributed by atoms with Crippen LogP contribution in [-0.2, 0) is 6.42 Å². The summed E-state index contributed by atoms with van der Waals surface area (Å²) in [6, 6.07) is 3.90. The van der Waals surface area contributed by atoms with Crippen molar-refractivity contribution in [1.29, 1.82) is 0 Å². The highest BCUT2D eigenvalue weighted by Gasteiger charge is 2.20. The van der Waals surface area contributed by atoms with Crippen LogP contribution in [0.15, 0.2) is 16.5 Å². The van der Waals surface area contributed by atoms with Crippen LogP contribution in [0, 0.1) is 0 Å². The third-order valence-electron chi connectivity index (χ3n) is 3.29. The average Bonchev–Trinajstić information content (AvgIpc) is 2.81. The van der Waals surface area contributed by atoms with E-state index in [-0.39, 0.29) is 11.9 Å². The van der Waals surface area contributed by atoms with Gasteiger partial charge in [0.1, 0.15) is 5.76 Å². The Morgan fingerprint density at radius 1 is 1.47 bits per heavy atom. The molecular formula is C13H20N2O2. The number of carbonyl (C=O) groups excluding carboxylic acids is 1. The van der Waals surface area contributed by atoms with Gasteiger partial charge in [0.15, 0.2) is 5.76 Å². The number of rotatable bonds is 3. The Kier molecular flexibility index (Phi) is 3.84. The number of carbonyl (C=O) groups is 1. The van der Waals surface area contributed by atoms with E-state index >= 15 is 0 Å². The second kappa shape index (κ2) is 5.36. The van der Waals surface area contributed by atoms with Crippen LogP contribution in [0.3, 0.4) is 0 Å². The van der Waals surface area contributed by atoms with Crippen LogP contribution in [0.25, 0.3) is 0 Å². The Morgan fingerprint density at radius 2 is 2.18 bits per heavy atom. The van der Waals surface area contributed by atoms with Crippen molar-refractivity contribution in [3.63, 3.8) is 0 Å². The molecule has 0 aliphatic carbocycles. The van der Waals surface area contributed by atoms with Crippen molar-refractivity contribution < 1.29 is 9.21 Å². The molecule has 4 heteroatoms. The molecular weight excluding hydrogens is 216 g/mol. The number of piperidine rings is 1. The first kappa shape index (κ1) is 12.2. The number of amides is 1. The monoisotopic (exact) mass is 236 g/mol. The number of nitrogens with zero attached hydrogens (tertiary/aromatic N) is 1. The molecule has 1 aliphatic rings. The van der Waals surface area contributed by atoms with Gasteiger partial charge < -0.3 is 14.6 Å². The second-order valence-corrected chi connectivity index (χ2v) is 4.67. The molecule has 1 saturated heterocycles. The van der Waals surface area contributed by atoms with E-state index in [0.29, 0.717) is 5.76 Å². The number of nitrogens with one attached hydrogen (secondary N) is 1. The summed E-state index contributed by atoms with van der Waals surface area (Å²) in [6.07, 6.45) is 2.86. The highest BCUT2D eigenvalue weighted by molar-refractivity contribution is 5.91. The molecule has 0 aromatic carbocycles. The van der Waals surface area contributed by atoms with Crippen LogP contribution in [0.4, 0.5) is 0 Å². The number of hydrogen-bond acceptors (Lipinski definition) is 3. The first-order valence-corrected chi connectivity index (χ1v) is 6.27. The van der Waals surface area contributed by atoms with Crippen molar-refractivity contribution in [2.24, 2.45) is 0 Å². The summed E-state index contributed by atoms with van der Waals surface area (Å²) in [5, 5.41) is 3.03. The van der Waals surface area contributed by atoms with E-state index < -0.39 is 0 Å². The predicted octanol–water partition coefficient (Wildman–Crippen LogP) is 1.67. The van der Waals surface area contributed by atoms with E-state index in [4.69, 9.17) is 4.42 Å².